The van der Waals surface area contributed by atoms with Crippen molar-refractivity contribution in [1.29, 1.82) is 0 Å². The molecule has 0 unspecified atom stereocenters. The van der Waals surface area contributed by atoms with Crippen molar-refractivity contribution < 1.29 is 19.1 Å². The summed E-state index contributed by atoms with van der Waals surface area (Å²) in [5.74, 6) is 1.04. The third kappa shape index (κ3) is 7.20. The molecule has 0 radical (unpaired) electrons. The first-order chi connectivity index (χ1) is 13.6. The molecule has 1 fully saturated rings. The number of hydrogen-bond acceptors (Lipinski definition) is 7. The van der Waals surface area contributed by atoms with E-state index in [0.717, 1.165) is 25.9 Å². The summed E-state index contributed by atoms with van der Waals surface area (Å²) in [7, 11) is 3.56. The van der Waals surface area contributed by atoms with Crippen LogP contribution in [-0.4, -0.2) is 73.8 Å². The molecule has 0 atom stereocenters. The monoisotopic (exact) mass is 406 g/mol. The smallest absolute Gasteiger partial charge is 0.338 e. The lowest BCUT2D eigenvalue weighted by atomic mass is 10.0. The zero-order valence-corrected chi connectivity index (χ0v) is 18.4. The molecular weight excluding hydrogens is 372 g/mol. The van der Waals surface area contributed by atoms with Crippen molar-refractivity contribution >= 4 is 23.5 Å². The summed E-state index contributed by atoms with van der Waals surface area (Å²) in [6.45, 7) is 9.79. The van der Waals surface area contributed by atoms with E-state index in [4.69, 9.17) is 9.47 Å². The van der Waals surface area contributed by atoms with Crippen LogP contribution in [0.25, 0.3) is 0 Å². The molecule has 0 saturated carbocycles. The highest BCUT2D eigenvalue weighted by molar-refractivity contribution is 5.91. The van der Waals surface area contributed by atoms with Gasteiger partial charge in [0.15, 0.2) is 0 Å². The quantitative estimate of drug-likeness (QED) is 0.697. The second-order valence-corrected chi connectivity index (χ2v) is 8.44. The molecule has 1 aromatic heterocycles. The van der Waals surface area contributed by atoms with Gasteiger partial charge in [0, 0.05) is 46.8 Å². The molecule has 1 aromatic rings. The first-order valence-electron chi connectivity index (χ1n) is 10.1. The van der Waals surface area contributed by atoms with E-state index < -0.39 is 5.60 Å². The molecule has 2 heterocycles. The van der Waals surface area contributed by atoms with E-state index in [0.29, 0.717) is 30.4 Å². The van der Waals surface area contributed by atoms with Gasteiger partial charge in [0.25, 0.3) is 0 Å². The van der Waals surface area contributed by atoms with Crippen molar-refractivity contribution in [2.75, 3.05) is 50.6 Å². The van der Waals surface area contributed by atoms with Crippen molar-refractivity contribution in [3.8, 4) is 0 Å². The van der Waals surface area contributed by atoms with Crippen LogP contribution in [0, 0.1) is 0 Å². The molecule has 2 rings (SSSR count). The Morgan fingerprint density at radius 1 is 1.28 bits per heavy atom. The molecule has 1 aliphatic heterocycles. The number of anilines is 2. The van der Waals surface area contributed by atoms with Gasteiger partial charge in [-0.1, -0.05) is 0 Å². The van der Waals surface area contributed by atoms with Crippen LogP contribution in [0.5, 0.6) is 0 Å². The van der Waals surface area contributed by atoms with Gasteiger partial charge < -0.3 is 24.6 Å². The van der Waals surface area contributed by atoms with Gasteiger partial charge in [-0.3, -0.25) is 4.79 Å². The number of likely N-dealkylation sites (N-methyl/N-ethyl adjacent to an activating group) is 1. The second kappa shape index (κ2) is 9.91. The number of esters is 1. The molecule has 1 aliphatic rings. The number of carbonyl (C=O) groups is 2. The molecule has 1 saturated heterocycles. The van der Waals surface area contributed by atoms with Crippen LogP contribution in [0.1, 0.15) is 50.9 Å². The minimum absolute atomic E-state index is 0.107. The molecule has 1 N–H and O–H groups in total. The Balaban J connectivity index is 2.20. The van der Waals surface area contributed by atoms with Gasteiger partial charge in [-0.2, -0.15) is 0 Å². The van der Waals surface area contributed by atoms with Gasteiger partial charge in [-0.05, 0) is 45.7 Å². The SMILES string of the molecule is COCCN(C)c1cc(C(=O)OC(C)(C)C)cc(NC2CCN(C(C)=O)CC2)n1. The summed E-state index contributed by atoms with van der Waals surface area (Å²) in [5.41, 5.74) is -0.117. The summed E-state index contributed by atoms with van der Waals surface area (Å²) in [6, 6.07) is 3.68. The molecule has 0 bridgehead atoms. The van der Waals surface area contributed by atoms with Gasteiger partial charge in [0.05, 0.1) is 12.2 Å². The topological polar surface area (TPSA) is 84.0 Å². The van der Waals surface area contributed by atoms with Crippen LogP contribution in [-0.2, 0) is 14.3 Å². The van der Waals surface area contributed by atoms with Crippen LogP contribution < -0.4 is 10.2 Å². The van der Waals surface area contributed by atoms with E-state index in [1.807, 2.05) is 37.6 Å². The Kier molecular flexibility index (Phi) is 7.84. The molecule has 1 amide bonds. The van der Waals surface area contributed by atoms with E-state index >= 15 is 0 Å². The Bertz CT molecular complexity index is 709. The predicted octanol–water partition coefficient (Wildman–Crippen LogP) is 2.54. The van der Waals surface area contributed by atoms with Crippen molar-refractivity contribution in [3.05, 3.63) is 17.7 Å². The Hall–Kier alpha value is -2.35. The maximum atomic E-state index is 12.6. The maximum Gasteiger partial charge on any atom is 0.338 e. The molecule has 8 heteroatoms. The van der Waals surface area contributed by atoms with Gasteiger partial charge in [-0.25, -0.2) is 9.78 Å². The summed E-state index contributed by atoms with van der Waals surface area (Å²) in [6.07, 6.45) is 1.68. The molecule has 29 heavy (non-hydrogen) atoms. The number of nitrogens with zero attached hydrogens (tertiary/aromatic N) is 3. The standard InChI is InChI=1S/C21H34N4O4/c1-15(26)25-9-7-17(8-10-25)22-18-13-16(20(27)29-21(2,3)4)14-19(23-18)24(5)11-12-28-6/h13-14,17H,7-12H2,1-6H3,(H,22,23). The number of piperidine rings is 1. The van der Waals surface area contributed by atoms with E-state index in [9.17, 15) is 9.59 Å². The summed E-state index contributed by atoms with van der Waals surface area (Å²) in [4.78, 5) is 32.7. The van der Waals surface area contributed by atoms with E-state index in [-0.39, 0.29) is 17.9 Å². The zero-order chi connectivity index (χ0) is 21.6. The molecule has 0 aliphatic carbocycles. The Labute approximate surface area is 173 Å². The lowest BCUT2D eigenvalue weighted by Gasteiger charge is -2.32. The summed E-state index contributed by atoms with van der Waals surface area (Å²) in [5, 5.41) is 3.44. The van der Waals surface area contributed by atoms with Gasteiger partial charge in [-0.15, -0.1) is 0 Å². The molecular formula is C21H34N4O4. The van der Waals surface area contributed by atoms with Crippen molar-refractivity contribution in [1.82, 2.24) is 9.88 Å². The highest BCUT2D eigenvalue weighted by Gasteiger charge is 2.23. The lowest BCUT2D eigenvalue weighted by molar-refractivity contribution is -0.129. The number of rotatable bonds is 7. The maximum absolute atomic E-state index is 12.6. The largest absolute Gasteiger partial charge is 0.456 e. The number of hydrogen-bond donors (Lipinski definition) is 1. The first kappa shape index (κ1) is 22.9. The molecule has 162 valence electrons. The fraction of sp³-hybridized carbons (Fsp3) is 0.667. The number of ether oxygens (including phenoxy) is 2. The first-order valence-corrected chi connectivity index (χ1v) is 10.1. The van der Waals surface area contributed by atoms with Crippen molar-refractivity contribution in [2.45, 2.75) is 52.2 Å². The average molecular weight is 407 g/mol. The van der Waals surface area contributed by atoms with E-state index in [1.54, 1.807) is 26.2 Å². The average Bonchev–Trinajstić information content (AvgIpc) is 2.65. The molecule has 0 spiro atoms. The number of aromatic nitrogens is 1. The Morgan fingerprint density at radius 3 is 2.48 bits per heavy atom. The zero-order valence-electron chi connectivity index (χ0n) is 18.4. The number of carbonyl (C=O) groups excluding carboxylic acids is 2. The van der Waals surface area contributed by atoms with Gasteiger partial charge in [0.2, 0.25) is 5.91 Å². The number of pyridine rings is 1. The van der Waals surface area contributed by atoms with Crippen molar-refractivity contribution in [2.24, 2.45) is 0 Å². The summed E-state index contributed by atoms with van der Waals surface area (Å²) < 4.78 is 10.7. The van der Waals surface area contributed by atoms with Crippen molar-refractivity contribution in [3.63, 3.8) is 0 Å². The molecule has 8 nitrogen and oxygen atoms in total. The number of nitrogens with one attached hydrogen (secondary N) is 1. The highest BCUT2D eigenvalue weighted by Crippen LogP contribution is 2.22. The highest BCUT2D eigenvalue weighted by atomic mass is 16.6. The fourth-order valence-electron chi connectivity index (χ4n) is 3.13. The van der Waals surface area contributed by atoms with Crippen LogP contribution in [0.4, 0.5) is 11.6 Å². The van der Waals surface area contributed by atoms with E-state index in [1.165, 1.54) is 0 Å². The van der Waals surface area contributed by atoms with Crippen LogP contribution in [0.2, 0.25) is 0 Å². The Morgan fingerprint density at radius 2 is 1.93 bits per heavy atom. The molecule has 0 aromatic carbocycles. The van der Waals surface area contributed by atoms with E-state index in [2.05, 4.69) is 10.3 Å². The number of amides is 1. The third-order valence-corrected chi connectivity index (χ3v) is 4.76. The third-order valence-electron chi connectivity index (χ3n) is 4.76. The minimum atomic E-state index is -0.574. The van der Waals surface area contributed by atoms with Crippen LogP contribution in [0.15, 0.2) is 12.1 Å². The van der Waals surface area contributed by atoms with Gasteiger partial charge in [0.1, 0.15) is 17.2 Å². The summed E-state index contributed by atoms with van der Waals surface area (Å²) >= 11 is 0. The predicted molar refractivity (Wildman–Crippen MR) is 113 cm³/mol. The minimum Gasteiger partial charge on any atom is -0.456 e. The second-order valence-electron chi connectivity index (χ2n) is 8.44. The normalized spacial score (nSPS) is 15.2. The number of methoxy groups -OCH3 is 1. The lowest BCUT2D eigenvalue weighted by Crippen LogP contribution is -2.41. The van der Waals surface area contributed by atoms with Gasteiger partial charge >= 0.3 is 5.97 Å². The fourth-order valence-corrected chi connectivity index (χ4v) is 3.13. The number of likely N-dealkylation sites (tertiary alicyclic amines) is 1. The van der Waals surface area contributed by atoms with Crippen LogP contribution >= 0.6 is 0 Å². The van der Waals surface area contributed by atoms with Crippen LogP contribution in [0.3, 0.4) is 0 Å².